The third-order valence-electron chi connectivity index (χ3n) is 5.32. The van der Waals surface area contributed by atoms with Crippen molar-refractivity contribution in [3.8, 4) is 16.3 Å². The smallest absolute Gasteiger partial charge is 0.407 e. The molecule has 2 saturated heterocycles. The second kappa shape index (κ2) is 6.12. The summed E-state index contributed by atoms with van der Waals surface area (Å²) in [4.78, 5) is 24.2. The van der Waals surface area contributed by atoms with Crippen LogP contribution in [0.3, 0.4) is 0 Å². The highest BCUT2D eigenvalue weighted by atomic mass is 32.1. The molecule has 5 rings (SSSR count). The van der Waals surface area contributed by atoms with Crippen molar-refractivity contribution in [3.63, 3.8) is 0 Å². The largest absolute Gasteiger partial charge is 0.497 e. The van der Waals surface area contributed by atoms with E-state index in [0.717, 1.165) is 23.4 Å². The molecule has 4 heterocycles. The van der Waals surface area contributed by atoms with Gasteiger partial charge in [-0.25, -0.2) is 9.78 Å². The zero-order valence-corrected chi connectivity index (χ0v) is 15.5. The first-order valence-electron chi connectivity index (χ1n) is 8.78. The monoisotopic (exact) mass is 386 g/mol. The average Bonchev–Trinajstić information content (AvgIpc) is 3.38. The number of oxazole rings is 1. The molecule has 2 unspecified atom stereocenters. The normalized spacial score (nSPS) is 21.8. The van der Waals surface area contributed by atoms with E-state index in [9.17, 15) is 9.90 Å². The molecule has 0 saturated carbocycles. The molecule has 9 heteroatoms. The fourth-order valence-electron chi connectivity index (χ4n) is 4.14. The van der Waals surface area contributed by atoms with Crippen molar-refractivity contribution in [2.24, 2.45) is 0 Å². The van der Waals surface area contributed by atoms with Gasteiger partial charge in [-0.3, -0.25) is 4.90 Å². The standard InChI is InChI=1S/C18H18N4O4S/c1-25-12-6-13(16-19-4-5-27-16)15-14(7-12)20-17(26-15)21-8-10-2-3-11(9-21)22(10)18(23)24/h4-7,10-11H,2-3,8-9H2,1H3,(H,23,24). The molecule has 2 aromatic heterocycles. The van der Waals surface area contributed by atoms with Gasteiger partial charge in [-0.2, -0.15) is 4.98 Å². The Labute approximate surface area is 159 Å². The highest BCUT2D eigenvalue weighted by Gasteiger charge is 2.43. The minimum atomic E-state index is -0.837. The maximum absolute atomic E-state index is 11.5. The van der Waals surface area contributed by atoms with E-state index < -0.39 is 6.09 Å². The highest BCUT2D eigenvalue weighted by Crippen LogP contribution is 2.38. The number of ether oxygens (including phenoxy) is 1. The van der Waals surface area contributed by atoms with Crippen molar-refractivity contribution in [1.82, 2.24) is 14.9 Å². The summed E-state index contributed by atoms with van der Waals surface area (Å²) in [5.41, 5.74) is 2.24. The van der Waals surface area contributed by atoms with Crippen LogP contribution < -0.4 is 9.64 Å². The molecule has 0 spiro atoms. The summed E-state index contributed by atoms with van der Waals surface area (Å²) in [5, 5.41) is 12.2. The molecule has 1 N–H and O–H groups in total. The van der Waals surface area contributed by atoms with Crippen LogP contribution in [0.4, 0.5) is 10.8 Å². The van der Waals surface area contributed by atoms with Crippen molar-refractivity contribution in [2.45, 2.75) is 24.9 Å². The zero-order chi connectivity index (χ0) is 18.5. The lowest BCUT2D eigenvalue weighted by molar-refractivity contribution is 0.114. The number of rotatable bonds is 3. The molecule has 27 heavy (non-hydrogen) atoms. The van der Waals surface area contributed by atoms with Crippen LogP contribution in [-0.4, -0.2) is 58.4 Å². The Kier molecular flexibility index (Phi) is 3.71. The number of nitrogens with zero attached hydrogens (tertiary/aromatic N) is 4. The molecule has 1 amide bonds. The highest BCUT2D eigenvalue weighted by molar-refractivity contribution is 7.13. The molecule has 140 valence electrons. The lowest BCUT2D eigenvalue weighted by Crippen LogP contribution is -2.55. The molecule has 0 aliphatic carbocycles. The second-order valence-electron chi connectivity index (χ2n) is 6.84. The van der Waals surface area contributed by atoms with Crippen LogP contribution in [0.5, 0.6) is 5.75 Å². The van der Waals surface area contributed by atoms with E-state index in [4.69, 9.17) is 9.15 Å². The van der Waals surface area contributed by atoms with E-state index in [1.807, 2.05) is 17.5 Å². The Morgan fingerprint density at radius 3 is 2.74 bits per heavy atom. The number of hydrogen-bond acceptors (Lipinski definition) is 7. The fourth-order valence-corrected chi connectivity index (χ4v) is 4.79. The Morgan fingerprint density at radius 2 is 2.11 bits per heavy atom. The molecule has 1 aromatic carbocycles. The number of hydrogen-bond donors (Lipinski definition) is 1. The average molecular weight is 386 g/mol. The lowest BCUT2D eigenvalue weighted by Gasteiger charge is -2.38. The molecular formula is C18H18N4O4S. The quantitative estimate of drug-likeness (QED) is 0.738. The second-order valence-corrected chi connectivity index (χ2v) is 7.73. The van der Waals surface area contributed by atoms with Crippen molar-refractivity contribution < 1.29 is 19.1 Å². The number of fused-ring (bicyclic) bond motifs is 3. The van der Waals surface area contributed by atoms with Gasteiger partial charge >= 0.3 is 6.09 Å². The summed E-state index contributed by atoms with van der Waals surface area (Å²) < 4.78 is 11.6. The maximum Gasteiger partial charge on any atom is 0.407 e. The topological polar surface area (TPSA) is 91.9 Å². The first-order chi connectivity index (χ1) is 13.1. The van der Waals surface area contributed by atoms with Gasteiger partial charge in [0.15, 0.2) is 5.58 Å². The van der Waals surface area contributed by atoms with Gasteiger partial charge in [-0.05, 0) is 18.9 Å². The number of carbonyl (C=O) groups is 1. The summed E-state index contributed by atoms with van der Waals surface area (Å²) in [5.74, 6) is 0.698. The predicted octanol–water partition coefficient (Wildman–Crippen LogP) is 3.29. The minimum absolute atomic E-state index is 0.00997. The number of benzene rings is 1. The van der Waals surface area contributed by atoms with Crippen LogP contribution in [-0.2, 0) is 0 Å². The van der Waals surface area contributed by atoms with E-state index in [0.29, 0.717) is 36.0 Å². The predicted molar refractivity (Wildman–Crippen MR) is 101 cm³/mol. The molecule has 3 aromatic rings. The van der Waals surface area contributed by atoms with Crippen LogP contribution in [0.15, 0.2) is 28.1 Å². The first kappa shape index (κ1) is 16.4. The maximum atomic E-state index is 11.5. The summed E-state index contributed by atoms with van der Waals surface area (Å²) in [6, 6.07) is 4.26. The number of thiazole rings is 1. The Bertz CT molecular complexity index is 988. The van der Waals surface area contributed by atoms with Gasteiger partial charge in [0.2, 0.25) is 0 Å². The van der Waals surface area contributed by atoms with E-state index in [1.165, 1.54) is 11.3 Å². The van der Waals surface area contributed by atoms with Crippen LogP contribution in [0.1, 0.15) is 12.8 Å². The Hall–Kier alpha value is -2.81. The van der Waals surface area contributed by atoms with Gasteiger partial charge in [0.25, 0.3) is 6.01 Å². The Balaban J connectivity index is 1.54. The van der Waals surface area contributed by atoms with Crippen molar-refractivity contribution in [1.29, 1.82) is 0 Å². The first-order valence-corrected chi connectivity index (χ1v) is 9.66. The third kappa shape index (κ3) is 2.61. The minimum Gasteiger partial charge on any atom is -0.497 e. The molecule has 2 aliphatic rings. The van der Waals surface area contributed by atoms with Gasteiger partial charge < -0.3 is 19.2 Å². The third-order valence-corrected chi connectivity index (χ3v) is 6.13. The van der Waals surface area contributed by atoms with Crippen molar-refractivity contribution >= 4 is 34.5 Å². The molecule has 8 nitrogen and oxygen atoms in total. The zero-order valence-electron chi connectivity index (χ0n) is 14.7. The fraction of sp³-hybridized carbons (Fsp3) is 0.389. The number of piperazine rings is 1. The van der Waals surface area contributed by atoms with Crippen molar-refractivity contribution in [2.75, 3.05) is 25.1 Å². The molecular weight excluding hydrogens is 368 g/mol. The van der Waals surface area contributed by atoms with Crippen LogP contribution in [0.25, 0.3) is 21.7 Å². The number of anilines is 1. The number of amides is 1. The van der Waals surface area contributed by atoms with Crippen LogP contribution in [0, 0.1) is 0 Å². The van der Waals surface area contributed by atoms with E-state index in [2.05, 4.69) is 14.9 Å². The molecule has 2 bridgehead atoms. The molecule has 0 radical (unpaired) electrons. The van der Waals surface area contributed by atoms with Crippen molar-refractivity contribution in [3.05, 3.63) is 23.7 Å². The molecule has 2 atom stereocenters. The van der Waals surface area contributed by atoms with Crippen LogP contribution >= 0.6 is 11.3 Å². The summed E-state index contributed by atoms with van der Waals surface area (Å²) in [6.45, 7) is 1.19. The van der Waals surface area contributed by atoms with Gasteiger partial charge in [0.1, 0.15) is 16.3 Å². The van der Waals surface area contributed by atoms with Gasteiger partial charge in [-0.15, -0.1) is 11.3 Å². The number of methoxy groups -OCH3 is 1. The van der Waals surface area contributed by atoms with E-state index in [1.54, 1.807) is 18.2 Å². The SMILES string of the molecule is COc1cc(-c2nccs2)c2oc(N3CC4CCC(C3)N4C(=O)O)nc2c1. The summed E-state index contributed by atoms with van der Waals surface area (Å²) in [6.07, 6.45) is 2.68. The van der Waals surface area contributed by atoms with Gasteiger partial charge in [0.05, 0.1) is 24.8 Å². The molecule has 2 fully saturated rings. The lowest BCUT2D eigenvalue weighted by atomic mass is 10.2. The Morgan fingerprint density at radius 1 is 1.33 bits per heavy atom. The number of carboxylic acid groups (broad SMARTS) is 1. The van der Waals surface area contributed by atoms with Gasteiger partial charge in [0, 0.05) is 30.7 Å². The van der Waals surface area contributed by atoms with E-state index >= 15 is 0 Å². The summed E-state index contributed by atoms with van der Waals surface area (Å²) >= 11 is 1.53. The van der Waals surface area contributed by atoms with Crippen LogP contribution in [0.2, 0.25) is 0 Å². The number of aromatic nitrogens is 2. The molecule has 2 aliphatic heterocycles. The van der Waals surface area contributed by atoms with E-state index in [-0.39, 0.29) is 12.1 Å². The van der Waals surface area contributed by atoms with Gasteiger partial charge in [-0.1, -0.05) is 0 Å². The summed E-state index contributed by atoms with van der Waals surface area (Å²) in [7, 11) is 1.62.